The summed E-state index contributed by atoms with van der Waals surface area (Å²) in [5.41, 5.74) is 1.61. The summed E-state index contributed by atoms with van der Waals surface area (Å²) in [6.07, 6.45) is 5.20. The number of nitrogens with one attached hydrogen (secondary N) is 1. The summed E-state index contributed by atoms with van der Waals surface area (Å²) in [6.45, 7) is 5.22. The molecule has 2 nitrogen and oxygen atoms in total. The van der Waals surface area contributed by atoms with Crippen LogP contribution in [0.4, 0.5) is 0 Å². The van der Waals surface area contributed by atoms with E-state index in [-0.39, 0.29) is 0 Å². The van der Waals surface area contributed by atoms with Crippen LogP contribution in [0.15, 0.2) is 6.07 Å². The van der Waals surface area contributed by atoms with E-state index in [1.807, 2.05) is 11.3 Å². The molecule has 1 N–H and O–H groups in total. The van der Waals surface area contributed by atoms with Crippen LogP contribution in [0.25, 0.3) is 0 Å². The average Bonchev–Trinajstić information content (AvgIpc) is 3.01. The Hall–Kier alpha value is -0.380. The number of thiophene rings is 1. The highest BCUT2D eigenvalue weighted by Crippen LogP contribution is 2.30. The summed E-state index contributed by atoms with van der Waals surface area (Å²) in [5, 5.41) is 3.66. The lowest BCUT2D eigenvalue weighted by atomic mass is 10.0. The molecule has 0 aromatic carbocycles. The maximum atomic E-state index is 5.44. The van der Waals surface area contributed by atoms with Crippen molar-refractivity contribution in [3.8, 4) is 0 Å². The van der Waals surface area contributed by atoms with Crippen LogP contribution < -0.4 is 5.32 Å². The third-order valence-electron chi connectivity index (χ3n) is 4.07. The zero-order valence-corrected chi connectivity index (χ0v) is 11.3. The molecule has 2 unspecified atom stereocenters. The highest BCUT2D eigenvalue weighted by molar-refractivity contribution is 7.12. The van der Waals surface area contributed by atoms with Gasteiger partial charge in [-0.2, -0.15) is 0 Å². The SMILES string of the molecule is CC(NCc1cc2c(s1)CCC2)C1CCOC1. The first-order valence-electron chi connectivity index (χ1n) is 6.74. The van der Waals surface area contributed by atoms with E-state index in [4.69, 9.17) is 4.74 Å². The van der Waals surface area contributed by atoms with Crippen molar-refractivity contribution >= 4 is 11.3 Å². The molecular weight excluding hydrogens is 230 g/mol. The molecule has 1 aliphatic carbocycles. The highest BCUT2D eigenvalue weighted by atomic mass is 32.1. The minimum atomic E-state index is 0.578. The van der Waals surface area contributed by atoms with Gasteiger partial charge in [0.1, 0.15) is 0 Å². The van der Waals surface area contributed by atoms with E-state index in [1.54, 1.807) is 10.4 Å². The third-order valence-corrected chi connectivity index (χ3v) is 5.30. The van der Waals surface area contributed by atoms with Crippen LogP contribution in [0.1, 0.15) is 35.1 Å². The Bertz CT molecular complexity index is 360. The number of rotatable bonds is 4. The molecule has 1 aromatic rings. The van der Waals surface area contributed by atoms with E-state index in [1.165, 1.54) is 30.6 Å². The molecule has 2 heterocycles. The molecule has 0 saturated carbocycles. The quantitative estimate of drug-likeness (QED) is 0.888. The minimum absolute atomic E-state index is 0.578. The predicted molar refractivity (Wildman–Crippen MR) is 71.6 cm³/mol. The van der Waals surface area contributed by atoms with Gasteiger partial charge in [0.2, 0.25) is 0 Å². The maximum Gasteiger partial charge on any atom is 0.0509 e. The fourth-order valence-corrected chi connectivity index (χ4v) is 4.06. The average molecular weight is 251 g/mol. The highest BCUT2D eigenvalue weighted by Gasteiger charge is 2.22. The van der Waals surface area contributed by atoms with Crippen molar-refractivity contribution in [2.24, 2.45) is 5.92 Å². The summed E-state index contributed by atoms with van der Waals surface area (Å²) < 4.78 is 5.44. The van der Waals surface area contributed by atoms with Crippen molar-refractivity contribution in [2.75, 3.05) is 13.2 Å². The monoisotopic (exact) mass is 251 g/mol. The van der Waals surface area contributed by atoms with Crippen LogP contribution in [-0.2, 0) is 24.1 Å². The van der Waals surface area contributed by atoms with Gasteiger partial charge in [-0.3, -0.25) is 0 Å². The van der Waals surface area contributed by atoms with E-state index in [9.17, 15) is 0 Å². The second kappa shape index (κ2) is 5.09. The topological polar surface area (TPSA) is 21.3 Å². The Morgan fingerprint density at radius 3 is 3.24 bits per heavy atom. The van der Waals surface area contributed by atoms with Crippen molar-refractivity contribution < 1.29 is 4.74 Å². The van der Waals surface area contributed by atoms with Gasteiger partial charge in [-0.05, 0) is 50.2 Å². The molecule has 0 radical (unpaired) electrons. The smallest absolute Gasteiger partial charge is 0.0509 e. The Balaban J connectivity index is 1.52. The zero-order valence-electron chi connectivity index (χ0n) is 10.5. The van der Waals surface area contributed by atoms with Gasteiger partial charge in [0.25, 0.3) is 0 Å². The second-order valence-electron chi connectivity index (χ2n) is 5.31. The Kier molecular flexibility index (Phi) is 3.50. The van der Waals surface area contributed by atoms with Gasteiger partial charge >= 0.3 is 0 Å². The van der Waals surface area contributed by atoms with Crippen molar-refractivity contribution in [3.63, 3.8) is 0 Å². The first kappa shape index (κ1) is 11.7. The summed E-state index contributed by atoms with van der Waals surface area (Å²) in [5.74, 6) is 0.710. The second-order valence-corrected chi connectivity index (χ2v) is 6.53. The van der Waals surface area contributed by atoms with Crippen molar-refractivity contribution in [3.05, 3.63) is 21.4 Å². The largest absolute Gasteiger partial charge is 0.381 e. The molecule has 94 valence electrons. The van der Waals surface area contributed by atoms with Crippen molar-refractivity contribution in [1.29, 1.82) is 0 Å². The first-order chi connectivity index (χ1) is 8.33. The molecule has 1 aliphatic heterocycles. The van der Waals surface area contributed by atoms with Gasteiger partial charge in [-0.15, -0.1) is 11.3 Å². The number of aryl methyl sites for hydroxylation is 2. The van der Waals surface area contributed by atoms with Gasteiger partial charge in [0.15, 0.2) is 0 Å². The molecule has 3 heteroatoms. The van der Waals surface area contributed by atoms with Crippen molar-refractivity contribution in [1.82, 2.24) is 5.32 Å². The Morgan fingerprint density at radius 2 is 2.47 bits per heavy atom. The van der Waals surface area contributed by atoms with Crippen LogP contribution in [0, 0.1) is 5.92 Å². The summed E-state index contributed by atoms with van der Waals surface area (Å²) in [6, 6.07) is 2.99. The molecule has 0 amide bonds. The normalized spacial score (nSPS) is 25.1. The van der Waals surface area contributed by atoms with Crippen LogP contribution >= 0.6 is 11.3 Å². The molecular formula is C14H21NOS. The standard InChI is InChI=1S/C14H21NOS/c1-10(12-5-6-16-9-12)15-8-13-7-11-3-2-4-14(11)17-13/h7,10,12,15H,2-6,8-9H2,1H3. The van der Waals surface area contributed by atoms with Crippen LogP contribution in [0.3, 0.4) is 0 Å². The maximum absolute atomic E-state index is 5.44. The van der Waals surface area contributed by atoms with Gasteiger partial charge in [-0.1, -0.05) is 0 Å². The molecule has 1 fully saturated rings. The lowest BCUT2D eigenvalue weighted by molar-refractivity contribution is 0.178. The minimum Gasteiger partial charge on any atom is -0.381 e. The molecule has 0 bridgehead atoms. The van der Waals surface area contributed by atoms with Gasteiger partial charge in [-0.25, -0.2) is 0 Å². The Labute approximate surface area is 107 Å². The van der Waals surface area contributed by atoms with Crippen LogP contribution in [0.5, 0.6) is 0 Å². The fraction of sp³-hybridized carbons (Fsp3) is 0.714. The van der Waals surface area contributed by atoms with Gasteiger partial charge < -0.3 is 10.1 Å². The Morgan fingerprint density at radius 1 is 1.53 bits per heavy atom. The molecule has 1 aromatic heterocycles. The van der Waals surface area contributed by atoms with E-state index < -0.39 is 0 Å². The van der Waals surface area contributed by atoms with Crippen LogP contribution in [-0.4, -0.2) is 19.3 Å². The van der Waals surface area contributed by atoms with Gasteiger partial charge in [0, 0.05) is 28.9 Å². The fourth-order valence-electron chi connectivity index (χ4n) is 2.85. The number of hydrogen-bond donors (Lipinski definition) is 1. The molecule has 2 aliphatic rings. The lowest BCUT2D eigenvalue weighted by Crippen LogP contribution is -2.33. The number of fused-ring (bicyclic) bond motifs is 1. The number of ether oxygens (including phenoxy) is 1. The molecule has 0 spiro atoms. The van der Waals surface area contributed by atoms with Crippen LogP contribution in [0.2, 0.25) is 0 Å². The molecule has 3 rings (SSSR count). The predicted octanol–water partition coefficient (Wildman–Crippen LogP) is 2.75. The third kappa shape index (κ3) is 2.56. The molecule has 17 heavy (non-hydrogen) atoms. The first-order valence-corrected chi connectivity index (χ1v) is 7.56. The summed E-state index contributed by atoms with van der Waals surface area (Å²) in [7, 11) is 0. The summed E-state index contributed by atoms with van der Waals surface area (Å²) >= 11 is 2.01. The molecule has 1 saturated heterocycles. The lowest BCUT2D eigenvalue weighted by Gasteiger charge is -2.18. The van der Waals surface area contributed by atoms with Gasteiger partial charge in [0.05, 0.1) is 6.61 Å². The van der Waals surface area contributed by atoms with E-state index in [2.05, 4.69) is 18.3 Å². The summed E-state index contributed by atoms with van der Waals surface area (Å²) in [4.78, 5) is 3.15. The molecule has 2 atom stereocenters. The van der Waals surface area contributed by atoms with Crippen molar-refractivity contribution in [2.45, 2.75) is 45.2 Å². The number of hydrogen-bond acceptors (Lipinski definition) is 3. The van der Waals surface area contributed by atoms with E-state index in [0.29, 0.717) is 12.0 Å². The van der Waals surface area contributed by atoms with E-state index >= 15 is 0 Å². The van der Waals surface area contributed by atoms with E-state index in [0.717, 1.165) is 19.8 Å². The zero-order chi connectivity index (χ0) is 11.7.